The molecule has 2 heterocycles. The molecule has 2 aromatic carbocycles. The maximum absolute atomic E-state index is 14.2. The van der Waals surface area contributed by atoms with E-state index in [4.69, 9.17) is 9.47 Å². The average molecular weight is 554 g/mol. The van der Waals surface area contributed by atoms with Gasteiger partial charge in [-0.25, -0.2) is 0 Å². The molecule has 2 bridgehead atoms. The minimum atomic E-state index is -1.48. The van der Waals surface area contributed by atoms with Crippen LogP contribution < -0.4 is 4.74 Å². The summed E-state index contributed by atoms with van der Waals surface area (Å²) in [5.41, 5.74) is -2.03. The van der Waals surface area contributed by atoms with Gasteiger partial charge < -0.3 is 39.9 Å². The molecular formula is C30H35NO9. The van der Waals surface area contributed by atoms with Crippen LogP contribution in [0, 0.1) is 5.92 Å². The average Bonchev–Trinajstić information content (AvgIpc) is 2.84. The van der Waals surface area contributed by atoms with Crippen molar-refractivity contribution < 1.29 is 44.6 Å². The van der Waals surface area contributed by atoms with Gasteiger partial charge in [0.25, 0.3) is 0 Å². The normalized spacial score (nSPS) is 34.2. The number of hydrogen-bond acceptors (Lipinski definition) is 10. The Hall–Kier alpha value is -3.02. The van der Waals surface area contributed by atoms with E-state index in [0.29, 0.717) is 17.5 Å². The maximum atomic E-state index is 14.2. The summed E-state index contributed by atoms with van der Waals surface area (Å²) in [6.07, 6.45) is -3.25. The molecule has 0 amide bonds. The lowest BCUT2D eigenvalue weighted by Gasteiger charge is -2.53. The van der Waals surface area contributed by atoms with Crippen molar-refractivity contribution in [3.63, 3.8) is 0 Å². The van der Waals surface area contributed by atoms with E-state index in [1.54, 1.807) is 38.9 Å². The van der Waals surface area contributed by atoms with Crippen LogP contribution in [0.4, 0.5) is 0 Å². The molecule has 214 valence electrons. The fourth-order valence-electron chi connectivity index (χ4n) is 7.26. The highest BCUT2D eigenvalue weighted by molar-refractivity contribution is 6.31. The lowest BCUT2D eigenvalue weighted by molar-refractivity contribution is -0.311. The van der Waals surface area contributed by atoms with E-state index in [2.05, 4.69) is 0 Å². The smallest absolute Gasteiger partial charge is 0.228 e. The van der Waals surface area contributed by atoms with Gasteiger partial charge in [0.05, 0.1) is 28.3 Å². The number of aliphatic hydroxyl groups excluding tert-OH is 2. The van der Waals surface area contributed by atoms with Crippen molar-refractivity contribution >= 4 is 11.6 Å². The first-order valence-electron chi connectivity index (χ1n) is 13.6. The minimum absolute atomic E-state index is 0.0361. The zero-order valence-electron chi connectivity index (χ0n) is 23.3. The molecule has 0 aromatic heterocycles. The van der Waals surface area contributed by atoms with Crippen molar-refractivity contribution in [2.75, 3.05) is 14.1 Å². The molecule has 2 aromatic rings. The van der Waals surface area contributed by atoms with Crippen LogP contribution in [-0.4, -0.2) is 86.2 Å². The van der Waals surface area contributed by atoms with Crippen molar-refractivity contribution in [1.29, 1.82) is 0 Å². The Morgan fingerprint density at radius 2 is 1.70 bits per heavy atom. The third kappa shape index (κ3) is 3.46. The molecule has 1 fully saturated rings. The third-order valence-electron chi connectivity index (χ3n) is 9.26. The summed E-state index contributed by atoms with van der Waals surface area (Å²) in [5.74, 6) is -2.48. The highest BCUT2D eigenvalue weighted by Gasteiger charge is 2.59. The van der Waals surface area contributed by atoms with Crippen LogP contribution >= 0.6 is 0 Å². The van der Waals surface area contributed by atoms with Gasteiger partial charge in [-0.15, -0.1) is 0 Å². The molecule has 0 spiro atoms. The first kappa shape index (κ1) is 27.2. The van der Waals surface area contributed by atoms with Crippen LogP contribution in [0.15, 0.2) is 12.1 Å². The van der Waals surface area contributed by atoms with Gasteiger partial charge in [-0.3, -0.25) is 9.59 Å². The quantitative estimate of drug-likeness (QED) is 0.318. The first-order chi connectivity index (χ1) is 18.6. The topological polar surface area (TPSA) is 157 Å². The van der Waals surface area contributed by atoms with Gasteiger partial charge in [-0.05, 0) is 63.9 Å². The molecule has 0 radical (unpaired) electrons. The summed E-state index contributed by atoms with van der Waals surface area (Å²) in [6, 6.07) is 2.02. The predicted molar refractivity (Wildman–Crippen MR) is 142 cm³/mol. The number of fused-ring (bicyclic) bond motifs is 8. The van der Waals surface area contributed by atoms with Crippen LogP contribution in [0.1, 0.15) is 88.6 Å². The molecule has 7 atom stereocenters. The molecule has 1 saturated heterocycles. The highest BCUT2D eigenvalue weighted by atomic mass is 16.7. The number of carbonyl (C=O) groups is 2. The molecule has 40 heavy (non-hydrogen) atoms. The van der Waals surface area contributed by atoms with Crippen molar-refractivity contribution in [3.8, 4) is 17.2 Å². The predicted octanol–water partition coefficient (Wildman–Crippen LogP) is 1.93. The molecule has 2 aliphatic heterocycles. The van der Waals surface area contributed by atoms with Crippen molar-refractivity contribution in [3.05, 3.63) is 51.1 Å². The fraction of sp³-hybridized carbons (Fsp3) is 0.533. The molecule has 2 aliphatic carbocycles. The van der Waals surface area contributed by atoms with Crippen molar-refractivity contribution in [2.45, 2.75) is 82.2 Å². The van der Waals surface area contributed by atoms with E-state index in [0.717, 1.165) is 0 Å². The summed E-state index contributed by atoms with van der Waals surface area (Å²) < 4.78 is 12.0. The van der Waals surface area contributed by atoms with Crippen LogP contribution in [0.2, 0.25) is 0 Å². The Labute approximate surface area is 231 Å². The second-order valence-electron chi connectivity index (χ2n) is 12.7. The number of ketones is 2. The Balaban J connectivity index is 1.58. The van der Waals surface area contributed by atoms with E-state index in [1.165, 1.54) is 6.07 Å². The number of likely N-dealkylation sites (N-methyl/N-ethyl adjacent to an activating group) is 1. The van der Waals surface area contributed by atoms with Gasteiger partial charge in [0.2, 0.25) is 12.1 Å². The second kappa shape index (κ2) is 8.50. The molecule has 4 aliphatic rings. The fourth-order valence-corrected chi connectivity index (χ4v) is 7.26. The third-order valence-corrected chi connectivity index (χ3v) is 9.26. The van der Waals surface area contributed by atoms with E-state index < -0.39 is 53.1 Å². The minimum Gasteiger partial charge on any atom is -0.507 e. The van der Waals surface area contributed by atoms with Gasteiger partial charge in [0.15, 0.2) is 5.78 Å². The molecule has 6 rings (SSSR count). The molecular weight excluding hydrogens is 518 g/mol. The number of phenols is 2. The van der Waals surface area contributed by atoms with Crippen molar-refractivity contribution in [1.82, 2.24) is 4.90 Å². The van der Waals surface area contributed by atoms with Gasteiger partial charge in [0.1, 0.15) is 35.1 Å². The van der Waals surface area contributed by atoms with Gasteiger partial charge in [-0.1, -0.05) is 13.8 Å². The van der Waals surface area contributed by atoms with Crippen LogP contribution in [0.3, 0.4) is 0 Å². The number of carbonyl (C=O) groups excluding carboxylic acids is 2. The molecule has 5 N–H and O–H groups in total. The Morgan fingerprint density at radius 1 is 1.02 bits per heavy atom. The molecule has 10 heteroatoms. The van der Waals surface area contributed by atoms with E-state index in [1.807, 2.05) is 13.8 Å². The zero-order chi connectivity index (χ0) is 29.2. The number of hydrogen-bond donors (Lipinski definition) is 5. The summed E-state index contributed by atoms with van der Waals surface area (Å²) >= 11 is 0. The maximum Gasteiger partial charge on any atom is 0.228 e. The summed E-state index contributed by atoms with van der Waals surface area (Å²) in [7, 11) is 3.39. The number of ether oxygens (including phenoxy) is 2. The number of aliphatic hydroxyl groups is 3. The summed E-state index contributed by atoms with van der Waals surface area (Å²) in [4.78, 5) is 29.8. The standard InChI is InChI=1S/C30H35NO9/c1-11(2)14-10-29(3,38)9-12-7-13-18(23(34)17(12)14)24(35)19-16(32)8-15-26(20(19)22(13)33)39-28-25(36)21(31(5)6)27(37)30(15,4)40-28/h7-8,11,14,21,25,27-28,32,34,36-38H,9-10H2,1-6H3. The largest absolute Gasteiger partial charge is 0.507 e. The zero-order valence-corrected chi connectivity index (χ0v) is 23.3. The number of aromatic hydroxyl groups is 2. The van der Waals surface area contributed by atoms with Crippen LogP contribution in [-0.2, 0) is 16.8 Å². The lowest BCUT2D eigenvalue weighted by Crippen LogP contribution is -2.68. The lowest BCUT2D eigenvalue weighted by atomic mass is 9.68. The van der Waals surface area contributed by atoms with E-state index in [9.17, 15) is 35.1 Å². The first-order valence-corrected chi connectivity index (χ1v) is 13.6. The van der Waals surface area contributed by atoms with Gasteiger partial charge in [0, 0.05) is 23.1 Å². The number of nitrogens with zero attached hydrogens (tertiary/aromatic N) is 1. The van der Waals surface area contributed by atoms with Crippen LogP contribution in [0.5, 0.6) is 17.2 Å². The van der Waals surface area contributed by atoms with Gasteiger partial charge in [-0.2, -0.15) is 0 Å². The molecule has 7 unspecified atom stereocenters. The number of phenolic OH excluding ortho intramolecular Hbond substituents is 2. The summed E-state index contributed by atoms with van der Waals surface area (Å²) in [6.45, 7) is 7.23. The highest BCUT2D eigenvalue weighted by Crippen LogP contribution is 2.54. The van der Waals surface area contributed by atoms with Gasteiger partial charge >= 0.3 is 0 Å². The van der Waals surface area contributed by atoms with E-state index in [-0.39, 0.29) is 57.6 Å². The van der Waals surface area contributed by atoms with E-state index >= 15 is 0 Å². The number of rotatable bonds is 2. The monoisotopic (exact) mass is 553 g/mol. The Kier molecular flexibility index (Phi) is 5.77. The van der Waals surface area contributed by atoms with Crippen molar-refractivity contribution in [2.24, 2.45) is 5.92 Å². The SMILES string of the molecule is CC(C)C1CC(C)(O)Cc2cc3c(c(O)c21)C(=O)c1c(O)cc2c(c1C3=O)OC1OC2(C)C(O)C(N(C)C)C1O. The van der Waals surface area contributed by atoms with Crippen LogP contribution in [0.25, 0.3) is 0 Å². The Bertz CT molecular complexity index is 1480. The Morgan fingerprint density at radius 3 is 2.33 bits per heavy atom. The number of benzene rings is 2. The molecule has 10 nitrogen and oxygen atoms in total. The second-order valence-corrected chi connectivity index (χ2v) is 12.7. The summed E-state index contributed by atoms with van der Waals surface area (Å²) in [5, 5.41) is 55.9. The molecule has 0 saturated carbocycles.